The standard InChI is InChI=1S/C45H26N4OS/c1-2-12-27(13-3-1)43-46-44(28-22-24-29(25-23-28)49-36-18-8-4-14-30(36)31-15-5-9-19-37(31)49)48-45(47-43)35-26-34-32-16-7-11-21-39(32)51-42(34)40-33-17-6-10-20-38(33)50-41(35)40/h1-26H. The fourth-order valence-electron chi connectivity index (χ4n) is 7.53. The maximum Gasteiger partial charge on any atom is 0.167 e. The van der Waals surface area contributed by atoms with Crippen molar-refractivity contribution < 1.29 is 4.42 Å². The number of aromatic nitrogens is 4. The van der Waals surface area contributed by atoms with Crippen molar-refractivity contribution in [2.24, 2.45) is 0 Å². The van der Waals surface area contributed by atoms with Crippen molar-refractivity contribution in [1.82, 2.24) is 19.5 Å². The number of thiophene rings is 1. The van der Waals surface area contributed by atoms with E-state index in [-0.39, 0.29) is 0 Å². The van der Waals surface area contributed by atoms with E-state index in [1.807, 2.05) is 42.5 Å². The number of para-hydroxylation sites is 3. The summed E-state index contributed by atoms with van der Waals surface area (Å²) >= 11 is 1.80. The summed E-state index contributed by atoms with van der Waals surface area (Å²) in [5.41, 5.74) is 7.73. The molecule has 0 fully saturated rings. The van der Waals surface area contributed by atoms with Gasteiger partial charge in [0.2, 0.25) is 0 Å². The summed E-state index contributed by atoms with van der Waals surface area (Å²) in [5.74, 6) is 1.79. The molecule has 0 aliphatic heterocycles. The van der Waals surface area contributed by atoms with Crippen LogP contribution in [-0.4, -0.2) is 19.5 Å². The van der Waals surface area contributed by atoms with E-state index in [2.05, 4.69) is 120 Å². The topological polar surface area (TPSA) is 56.7 Å². The van der Waals surface area contributed by atoms with Crippen LogP contribution in [0.5, 0.6) is 0 Å². The van der Waals surface area contributed by atoms with Gasteiger partial charge in [0, 0.05) is 58.5 Å². The van der Waals surface area contributed by atoms with Gasteiger partial charge < -0.3 is 8.98 Å². The van der Waals surface area contributed by atoms with E-state index >= 15 is 0 Å². The molecule has 5 nitrogen and oxygen atoms in total. The lowest BCUT2D eigenvalue weighted by Gasteiger charge is -2.11. The largest absolute Gasteiger partial charge is 0.455 e. The van der Waals surface area contributed by atoms with Gasteiger partial charge in [-0.1, -0.05) is 103 Å². The Hall–Kier alpha value is -6.63. The van der Waals surface area contributed by atoms with Crippen molar-refractivity contribution in [3.05, 3.63) is 158 Å². The molecule has 0 radical (unpaired) electrons. The van der Waals surface area contributed by atoms with Crippen LogP contribution in [0.25, 0.3) is 104 Å². The number of furan rings is 1. The molecule has 0 saturated heterocycles. The molecule has 4 heterocycles. The van der Waals surface area contributed by atoms with E-state index in [1.54, 1.807) is 11.3 Å². The Morgan fingerprint density at radius 3 is 1.76 bits per heavy atom. The highest BCUT2D eigenvalue weighted by Crippen LogP contribution is 2.46. The Morgan fingerprint density at radius 1 is 0.471 bits per heavy atom. The minimum absolute atomic E-state index is 0.576. The molecule has 0 spiro atoms. The maximum atomic E-state index is 6.66. The summed E-state index contributed by atoms with van der Waals surface area (Å²) in [5, 5.41) is 7.04. The summed E-state index contributed by atoms with van der Waals surface area (Å²) in [6.45, 7) is 0. The third kappa shape index (κ3) is 4.30. The minimum atomic E-state index is 0.576. The second kappa shape index (κ2) is 10.9. The normalized spacial score (nSPS) is 11.9. The Kier molecular flexibility index (Phi) is 6.05. The van der Waals surface area contributed by atoms with Gasteiger partial charge in [-0.3, -0.25) is 0 Å². The number of nitrogens with zero attached hydrogens (tertiary/aromatic N) is 4. The van der Waals surface area contributed by atoms with Crippen molar-refractivity contribution in [3.8, 4) is 39.9 Å². The average Bonchev–Trinajstić information content (AvgIpc) is 3.88. The Morgan fingerprint density at radius 2 is 1.04 bits per heavy atom. The van der Waals surface area contributed by atoms with Crippen LogP contribution in [0.3, 0.4) is 0 Å². The van der Waals surface area contributed by atoms with Crippen LogP contribution >= 0.6 is 11.3 Å². The second-order valence-corrected chi connectivity index (χ2v) is 13.8. The second-order valence-electron chi connectivity index (χ2n) is 12.8. The maximum absolute atomic E-state index is 6.66. The van der Waals surface area contributed by atoms with Gasteiger partial charge in [0.1, 0.15) is 11.2 Å². The zero-order chi connectivity index (χ0) is 33.5. The third-order valence-corrected chi connectivity index (χ3v) is 11.1. The Bertz CT molecular complexity index is 3080. The first kappa shape index (κ1) is 28.2. The number of rotatable bonds is 4. The molecular formula is C45H26N4OS. The molecule has 0 atom stereocenters. The molecule has 0 N–H and O–H groups in total. The quantitative estimate of drug-likeness (QED) is 0.187. The van der Waals surface area contributed by atoms with Crippen LogP contribution in [-0.2, 0) is 0 Å². The highest BCUT2D eigenvalue weighted by Gasteiger charge is 2.22. The Balaban J connectivity index is 1.14. The van der Waals surface area contributed by atoms with E-state index < -0.39 is 0 Å². The molecule has 0 aliphatic rings. The molecule has 0 unspecified atom stereocenters. The predicted molar refractivity (Wildman–Crippen MR) is 211 cm³/mol. The van der Waals surface area contributed by atoms with Gasteiger partial charge in [-0.05, 0) is 54.6 Å². The lowest BCUT2D eigenvalue weighted by molar-refractivity contribution is 0.670. The van der Waals surface area contributed by atoms with E-state index in [4.69, 9.17) is 19.4 Å². The Labute approximate surface area is 295 Å². The highest BCUT2D eigenvalue weighted by molar-refractivity contribution is 7.26. The van der Waals surface area contributed by atoms with Crippen LogP contribution in [0, 0.1) is 0 Å². The zero-order valence-corrected chi connectivity index (χ0v) is 27.9. The first-order chi connectivity index (χ1) is 25.3. The van der Waals surface area contributed by atoms with Gasteiger partial charge in [0.25, 0.3) is 0 Å². The molecule has 0 saturated carbocycles. The monoisotopic (exact) mass is 670 g/mol. The first-order valence-electron chi connectivity index (χ1n) is 16.9. The fourth-order valence-corrected chi connectivity index (χ4v) is 8.77. The summed E-state index contributed by atoms with van der Waals surface area (Å²) in [6.07, 6.45) is 0. The number of fused-ring (bicyclic) bond motifs is 10. The molecular weight excluding hydrogens is 645 g/mol. The van der Waals surface area contributed by atoms with E-state index in [0.29, 0.717) is 17.5 Å². The molecule has 51 heavy (non-hydrogen) atoms. The summed E-state index contributed by atoms with van der Waals surface area (Å²) < 4.78 is 11.4. The zero-order valence-electron chi connectivity index (χ0n) is 27.1. The molecule has 0 amide bonds. The molecule has 6 heteroatoms. The molecule has 238 valence electrons. The number of benzene rings is 7. The molecule has 0 aliphatic carbocycles. The summed E-state index contributed by atoms with van der Waals surface area (Å²) in [4.78, 5) is 15.4. The molecule has 11 rings (SSSR count). The van der Waals surface area contributed by atoms with Gasteiger partial charge in [-0.25, -0.2) is 15.0 Å². The SMILES string of the molecule is c1ccc(-c2nc(-c3ccc(-n4c5ccccc5c5ccccc54)cc3)nc(-c3cc4c5ccccc5sc4c4c3oc3ccccc34)n2)cc1. The summed E-state index contributed by atoms with van der Waals surface area (Å²) in [6, 6.07) is 54.8. The van der Waals surface area contributed by atoms with Crippen molar-refractivity contribution in [1.29, 1.82) is 0 Å². The van der Waals surface area contributed by atoms with Gasteiger partial charge in [-0.2, -0.15) is 0 Å². The minimum Gasteiger partial charge on any atom is -0.455 e. The van der Waals surface area contributed by atoms with Gasteiger partial charge in [0.05, 0.1) is 16.6 Å². The van der Waals surface area contributed by atoms with Crippen LogP contribution in [0.15, 0.2) is 162 Å². The van der Waals surface area contributed by atoms with Crippen LogP contribution in [0.2, 0.25) is 0 Å². The smallest absolute Gasteiger partial charge is 0.167 e. The predicted octanol–water partition coefficient (Wildman–Crippen LogP) is 12.2. The van der Waals surface area contributed by atoms with E-state index in [1.165, 1.54) is 42.0 Å². The molecule has 0 bridgehead atoms. The van der Waals surface area contributed by atoms with Crippen LogP contribution in [0.1, 0.15) is 0 Å². The van der Waals surface area contributed by atoms with Crippen molar-refractivity contribution in [3.63, 3.8) is 0 Å². The number of hydrogen-bond donors (Lipinski definition) is 0. The first-order valence-corrected chi connectivity index (χ1v) is 17.8. The van der Waals surface area contributed by atoms with Gasteiger partial charge >= 0.3 is 0 Å². The van der Waals surface area contributed by atoms with Crippen LogP contribution in [0.4, 0.5) is 0 Å². The van der Waals surface area contributed by atoms with Crippen molar-refractivity contribution in [2.45, 2.75) is 0 Å². The molecule has 7 aromatic carbocycles. The summed E-state index contributed by atoms with van der Waals surface area (Å²) in [7, 11) is 0. The van der Waals surface area contributed by atoms with E-state index in [9.17, 15) is 0 Å². The van der Waals surface area contributed by atoms with Gasteiger partial charge in [-0.15, -0.1) is 11.3 Å². The van der Waals surface area contributed by atoms with E-state index in [0.717, 1.165) is 44.3 Å². The number of hydrogen-bond acceptors (Lipinski definition) is 5. The average molecular weight is 671 g/mol. The van der Waals surface area contributed by atoms with Crippen molar-refractivity contribution in [2.75, 3.05) is 0 Å². The lowest BCUT2D eigenvalue weighted by atomic mass is 10.0. The van der Waals surface area contributed by atoms with Crippen molar-refractivity contribution >= 4 is 75.3 Å². The third-order valence-electron chi connectivity index (χ3n) is 9.86. The molecule has 4 aromatic heterocycles. The van der Waals surface area contributed by atoms with Gasteiger partial charge in [0.15, 0.2) is 17.5 Å². The lowest BCUT2D eigenvalue weighted by Crippen LogP contribution is -2.01. The molecule has 11 aromatic rings. The highest BCUT2D eigenvalue weighted by atomic mass is 32.1. The fraction of sp³-hybridized carbons (Fsp3) is 0. The van der Waals surface area contributed by atoms with Crippen LogP contribution < -0.4 is 0 Å².